The topological polar surface area (TPSA) is 27.0 Å². The van der Waals surface area contributed by atoms with Gasteiger partial charge in [0.25, 0.3) is 0 Å². The van der Waals surface area contributed by atoms with E-state index in [0.29, 0.717) is 11.4 Å². The summed E-state index contributed by atoms with van der Waals surface area (Å²) in [6, 6.07) is 7.74. The van der Waals surface area contributed by atoms with Gasteiger partial charge in [-0.1, -0.05) is 17.7 Å². The van der Waals surface area contributed by atoms with E-state index in [4.69, 9.17) is 16.9 Å². The number of nitriles is 1. The number of anilines is 1. The molecule has 13 heavy (non-hydrogen) atoms. The third-order valence-corrected chi connectivity index (χ3v) is 2.10. The SMILES string of the molecule is CN(C)c1cc(CC#N)ccc1Cl. The van der Waals surface area contributed by atoms with E-state index in [9.17, 15) is 0 Å². The van der Waals surface area contributed by atoms with Gasteiger partial charge in [0.05, 0.1) is 23.2 Å². The smallest absolute Gasteiger partial charge is 0.0669 e. The Bertz CT molecular complexity index is 339. The lowest BCUT2D eigenvalue weighted by Crippen LogP contribution is -2.09. The van der Waals surface area contributed by atoms with Crippen LogP contribution in [0.4, 0.5) is 5.69 Å². The van der Waals surface area contributed by atoms with E-state index in [1.165, 1.54) is 0 Å². The van der Waals surface area contributed by atoms with Crippen LogP contribution in [0.15, 0.2) is 18.2 Å². The van der Waals surface area contributed by atoms with Gasteiger partial charge in [-0.15, -0.1) is 0 Å². The van der Waals surface area contributed by atoms with Crippen LogP contribution in [0.25, 0.3) is 0 Å². The van der Waals surface area contributed by atoms with E-state index in [0.717, 1.165) is 11.3 Å². The second-order valence-electron chi connectivity index (χ2n) is 3.02. The lowest BCUT2D eigenvalue weighted by Gasteiger charge is -2.14. The van der Waals surface area contributed by atoms with Gasteiger partial charge in [0.2, 0.25) is 0 Å². The average Bonchev–Trinajstić information content (AvgIpc) is 2.08. The molecule has 0 aliphatic heterocycles. The molecular weight excluding hydrogens is 184 g/mol. The van der Waals surface area contributed by atoms with E-state index in [2.05, 4.69) is 6.07 Å². The quantitative estimate of drug-likeness (QED) is 0.723. The minimum absolute atomic E-state index is 0.429. The van der Waals surface area contributed by atoms with Gasteiger partial charge in [-0.25, -0.2) is 0 Å². The Hall–Kier alpha value is -1.20. The first-order valence-electron chi connectivity index (χ1n) is 3.98. The van der Waals surface area contributed by atoms with Crippen LogP contribution in [0.5, 0.6) is 0 Å². The fourth-order valence-electron chi connectivity index (χ4n) is 1.10. The second kappa shape index (κ2) is 4.15. The fraction of sp³-hybridized carbons (Fsp3) is 0.300. The zero-order valence-corrected chi connectivity index (χ0v) is 8.47. The van der Waals surface area contributed by atoms with Crippen molar-refractivity contribution in [2.75, 3.05) is 19.0 Å². The van der Waals surface area contributed by atoms with Gasteiger partial charge in [0, 0.05) is 14.1 Å². The maximum Gasteiger partial charge on any atom is 0.0669 e. The molecule has 1 aromatic carbocycles. The lowest BCUT2D eigenvalue weighted by molar-refractivity contribution is 1.12. The Kier molecular flexibility index (Phi) is 3.16. The van der Waals surface area contributed by atoms with E-state index in [1.54, 1.807) is 0 Å². The van der Waals surface area contributed by atoms with Crippen LogP contribution in [0.3, 0.4) is 0 Å². The van der Waals surface area contributed by atoms with Crippen molar-refractivity contribution in [3.8, 4) is 6.07 Å². The summed E-state index contributed by atoms with van der Waals surface area (Å²) >= 11 is 5.97. The summed E-state index contributed by atoms with van der Waals surface area (Å²) < 4.78 is 0. The number of rotatable bonds is 2. The van der Waals surface area contributed by atoms with Crippen LogP contribution >= 0.6 is 11.6 Å². The zero-order chi connectivity index (χ0) is 9.84. The second-order valence-corrected chi connectivity index (χ2v) is 3.42. The Morgan fingerprint density at radius 1 is 1.46 bits per heavy atom. The largest absolute Gasteiger partial charge is 0.376 e. The predicted molar refractivity (Wildman–Crippen MR) is 55.1 cm³/mol. The normalized spacial score (nSPS) is 9.38. The van der Waals surface area contributed by atoms with Gasteiger partial charge < -0.3 is 4.90 Å². The Balaban J connectivity index is 3.05. The monoisotopic (exact) mass is 194 g/mol. The fourth-order valence-corrected chi connectivity index (χ4v) is 1.39. The lowest BCUT2D eigenvalue weighted by atomic mass is 10.1. The molecule has 0 aliphatic carbocycles. The van der Waals surface area contributed by atoms with Crippen LogP contribution in [0.2, 0.25) is 5.02 Å². The molecule has 0 saturated carbocycles. The number of hydrogen-bond donors (Lipinski definition) is 0. The van der Waals surface area contributed by atoms with Crippen molar-refractivity contribution in [2.45, 2.75) is 6.42 Å². The summed E-state index contributed by atoms with van der Waals surface area (Å²) in [6.07, 6.45) is 0.429. The maximum atomic E-state index is 8.52. The van der Waals surface area contributed by atoms with Crippen molar-refractivity contribution < 1.29 is 0 Å². The van der Waals surface area contributed by atoms with Gasteiger partial charge in [0.1, 0.15) is 0 Å². The summed E-state index contributed by atoms with van der Waals surface area (Å²) in [5.74, 6) is 0. The molecule has 1 aromatic rings. The molecule has 1 rings (SSSR count). The molecular formula is C10H11ClN2. The van der Waals surface area contributed by atoms with Crippen molar-refractivity contribution in [2.24, 2.45) is 0 Å². The number of halogens is 1. The van der Waals surface area contributed by atoms with Crippen LogP contribution in [-0.2, 0) is 6.42 Å². The molecule has 0 aromatic heterocycles. The highest BCUT2D eigenvalue weighted by Crippen LogP contribution is 2.25. The highest BCUT2D eigenvalue weighted by molar-refractivity contribution is 6.33. The Morgan fingerprint density at radius 3 is 2.69 bits per heavy atom. The van der Waals surface area contributed by atoms with E-state index < -0.39 is 0 Å². The maximum absolute atomic E-state index is 8.52. The summed E-state index contributed by atoms with van der Waals surface area (Å²) in [4.78, 5) is 1.93. The molecule has 0 fully saturated rings. The molecule has 0 N–H and O–H groups in total. The first-order valence-corrected chi connectivity index (χ1v) is 4.35. The third-order valence-electron chi connectivity index (χ3n) is 1.78. The Morgan fingerprint density at radius 2 is 2.15 bits per heavy atom. The standard InChI is InChI=1S/C10H11ClN2/c1-13(2)10-7-8(5-6-12)3-4-9(10)11/h3-4,7H,5H2,1-2H3. The molecule has 0 unspecified atom stereocenters. The molecule has 0 bridgehead atoms. The molecule has 0 amide bonds. The molecule has 3 heteroatoms. The van der Waals surface area contributed by atoms with E-state index in [-0.39, 0.29) is 0 Å². The average molecular weight is 195 g/mol. The minimum atomic E-state index is 0.429. The molecule has 0 atom stereocenters. The molecule has 0 aliphatic rings. The molecule has 2 nitrogen and oxygen atoms in total. The molecule has 0 spiro atoms. The van der Waals surface area contributed by atoms with Crippen molar-refractivity contribution in [3.63, 3.8) is 0 Å². The van der Waals surface area contributed by atoms with Crippen molar-refractivity contribution in [3.05, 3.63) is 28.8 Å². The van der Waals surface area contributed by atoms with Crippen LogP contribution < -0.4 is 4.90 Å². The molecule has 0 radical (unpaired) electrons. The minimum Gasteiger partial charge on any atom is -0.376 e. The van der Waals surface area contributed by atoms with Crippen LogP contribution in [0, 0.1) is 11.3 Å². The van der Waals surface area contributed by atoms with E-state index >= 15 is 0 Å². The number of hydrogen-bond acceptors (Lipinski definition) is 2. The number of nitrogens with zero attached hydrogens (tertiary/aromatic N) is 2. The van der Waals surface area contributed by atoms with Gasteiger partial charge in [0.15, 0.2) is 0 Å². The highest BCUT2D eigenvalue weighted by atomic mass is 35.5. The summed E-state index contributed by atoms with van der Waals surface area (Å²) in [5.41, 5.74) is 1.95. The van der Waals surface area contributed by atoms with Gasteiger partial charge >= 0.3 is 0 Å². The van der Waals surface area contributed by atoms with Crippen LogP contribution in [-0.4, -0.2) is 14.1 Å². The zero-order valence-electron chi connectivity index (χ0n) is 7.71. The summed E-state index contributed by atoms with van der Waals surface area (Å²) in [7, 11) is 3.86. The van der Waals surface area contributed by atoms with Gasteiger partial charge in [-0.2, -0.15) is 5.26 Å². The third kappa shape index (κ3) is 2.37. The van der Waals surface area contributed by atoms with Crippen molar-refractivity contribution in [1.29, 1.82) is 5.26 Å². The first kappa shape index (κ1) is 9.88. The van der Waals surface area contributed by atoms with Gasteiger partial charge in [-0.05, 0) is 17.7 Å². The highest BCUT2D eigenvalue weighted by Gasteiger charge is 2.03. The van der Waals surface area contributed by atoms with Crippen molar-refractivity contribution >= 4 is 17.3 Å². The van der Waals surface area contributed by atoms with E-state index in [1.807, 2.05) is 37.2 Å². The first-order chi connectivity index (χ1) is 6.15. The molecule has 0 heterocycles. The van der Waals surface area contributed by atoms with Crippen LogP contribution in [0.1, 0.15) is 5.56 Å². The Labute approximate surface area is 83.3 Å². The molecule has 68 valence electrons. The van der Waals surface area contributed by atoms with Crippen molar-refractivity contribution in [1.82, 2.24) is 0 Å². The predicted octanol–water partition coefficient (Wildman–Crippen LogP) is 2.47. The summed E-state index contributed by atoms with van der Waals surface area (Å²) in [6.45, 7) is 0. The molecule has 0 saturated heterocycles. The summed E-state index contributed by atoms with van der Waals surface area (Å²) in [5, 5.41) is 9.24. The number of benzene rings is 1. The van der Waals surface area contributed by atoms with Gasteiger partial charge in [-0.3, -0.25) is 0 Å².